The molecule has 26 heavy (non-hydrogen) atoms. The van der Waals surface area contributed by atoms with Gasteiger partial charge in [0.15, 0.2) is 5.96 Å². The Labute approximate surface area is 174 Å². The number of rotatable bonds is 10. The van der Waals surface area contributed by atoms with Crippen LogP contribution in [0.15, 0.2) is 29.3 Å². The summed E-state index contributed by atoms with van der Waals surface area (Å²) in [5, 5.41) is 6.04. The molecule has 1 unspecified atom stereocenters. The lowest BCUT2D eigenvalue weighted by atomic mass is 10.1. The molecule has 0 aliphatic rings. The summed E-state index contributed by atoms with van der Waals surface area (Å²) >= 11 is 0. The molecule has 0 saturated carbocycles. The van der Waals surface area contributed by atoms with Gasteiger partial charge in [-0.1, -0.05) is 26.0 Å². The van der Waals surface area contributed by atoms with Gasteiger partial charge in [0, 0.05) is 19.5 Å². The largest absolute Gasteiger partial charge is 0.494 e. The Hall–Kier alpha value is -1.51. The van der Waals surface area contributed by atoms with E-state index in [9.17, 15) is 4.79 Å². The van der Waals surface area contributed by atoms with E-state index in [1.54, 1.807) is 0 Å². The number of hydrogen-bond acceptors (Lipinski definition) is 3. The molecule has 0 fully saturated rings. The van der Waals surface area contributed by atoms with Gasteiger partial charge in [-0.15, -0.1) is 24.0 Å². The summed E-state index contributed by atoms with van der Waals surface area (Å²) in [6, 6.07) is 7.76. The molecule has 1 amide bonds. The van der Waals surface area contributed by atoms with Gasteiger partial charge in [-0.2, -0.15) is 0 Å². The van der Waals surface area contributed by atoms with E-state index in [2.05, 4.69) is 29.5 Å². The Kier molecular flexibility index (Phi) is 12.9. The first-order valence-corrected chi connectivity index (χ1v) is 8.98. The number of guanidine groups is 1. The Balaban J connectivity index is 0.00000625. The molecule has 4 N–H and O–H groups in total. The van der Waals surface area contributed by atoms with E-state index < -0.39 is 0 Å². The molecule has 6 nitrogen and oxygen atoms in total. The summed E-state index contributed by atoms with van der Waals surface area (Å²) < 4.78 is 5.42. The molecule has 0 aliphatic carbocycles. The van der Waals surface area contributed by atoms with E-state index in [4.69, 9.17) is 10.5 Å². The van der Waals surface area contributed by atoms with Gasteiger partial charge in [0.1, 0.15) is 5.75 Å². The molecular weight excluding hydrogens is 443 g/mol. The third kappa shape index (κ3) is 10.5. The fraction of sp³-hybridized carbons (Fsp3) is 0.579. The Morgan fingerprint density at radius 2 is 1.88 bits per heavy atom. The summed E-state index contributed by atoms with van der Waals surface area (Å²) in [7, 11) is 0. The van der Waals surface area contributed by atoms with Crippen LogP contribution in [-0.4, -0.2) is 31.6 Å². The van der Waals surface area contributed by atoms with Crippen molar-refractivity contribution < 1.29 is 9.53 Å². The molecular formula is C19H33IN4O2. The van der Waals surface area contributed by atoms with Gasteiger partial charge in [-0.05, 0) is 43.9 Å². The zero-order valence-corrected chi connectivity index (χ0v) is 18.6. The van der Waals surface area contributed by atoms with Crippen molar-refractivity contribution in [2.24, 2.45) is 16.6 Å². The zero-order valence-electron chi connectivity index (χ0n) is 16.2. The number of amides is 1. The average molecular weight is 476 g/mol. The smallest absolute Gasteiger partial charge is 0.220 e. The Morgan fingerprint density at radius 3 is 2.46 bits per heavy atom. The molecule has 0 aliphatic heterocycles. The van der Waals surface area contributed by atoms with Crippen molar-refractivity contribution in [2.45, 2.75) is 46.6 Å². The van der Waals surface area contributed by atoms with Crippen LogP contribution in [0, 0.1) is 5.92 Å². The molecule has 1 aromatic carbocycles. The number of benzene rings is 1. The fourth-order valence-electron chi connectivity index (χ4n) is 2.22. The fourth-order valence-corrected chi connectivity index (χ4v) is 2.22. The summed E-state index contributed by atoms with van der Waals surface area (Å²) in [4.78, 5) is 16.3. The first-order chi connectivity index (χ1) is 11.9. The van der Waals surface area contributed by atoms with Gasteiger partial charge in [0.25, 0.3) is 0 Å². The SMILES string of the molecule is CCOc1ccc(C(C)NC(=O)CCCNC(N)=NCC(C)C)cc1.I. The van der Waals surface area contributed by atoms with Crippen molar-refractivity contribution in [1.82, 2.24) is 10.6 Å². The number of halogens is 1. The van der Waals surface area contributed by atoms with Crippen LogP contribution in [0.4, 0.5) is 0 Å². The molecule has 0 aromatic heterocycles. The highest BCUT2D eigenvalue weighted by Gasteiger charge is 2.09. The molecule has 1 rings (SSSR count). The Morgan fingerprint density at radius 1 is 1.23 bits per heavy atom. The average Bonchev–Trinajstić information content (AvgIpc) is 2.57. The number of aliphatic imine (C=N–C) groups is 1. The topological polar surface area (TPSA) is 88.7 Å². The number of nitrogens with zero attached hydrogens (tertiary/aromatic N) is 1. The maximum Gasteiger partial charge on any atom is 0.220 e. The molecule has 1 aromatic rings. The van der Waals surface area contributed by atoms with E-state index >= 15 is 0 Å². The minimum Gasteiger partial charge on any atom is -0.494 e. The van der Waals surface area contributed by atoms with E-state index in [1.165, 1.54) is 0 Å². The third-order valence-corrected chi connectivity index (χ3v) is 3.58. The standard InChI is InChI=1S/C19H32N4O2.HI/c1-5-25-17-10-8-16(9-11-17)15(4)23-18(24)7-6-12-21-19(20)22-13-14(2)3;/h8-11,14-15H,5-7,12-13H2,1-4H3,(H,23,24)(H3,20,21,22);1H. The van der Waals surface area contributed by atoms with Crippen molar-refractivity contribution in [3.63, 3.8) is 0 Å². The molecule has 0 heterocycles. The first kappa shape index (κ1) is 24.5. The van der Waals surface area contributed by atoms with Gasteiger partial charge in [-0.3, -0.25) is 9.79 Å². The summed E-state index contributed by atoms with van der Waals surface area (Å²) in [5.41, 5.74) is 6.81. The molecule has 0 spiro atoms. The second-order valence-corrected chi connectivity index (χ2v) is 6.44. The highest BCUT2D eigenvalue weighted by molar-refractivity contribution is 14.0. The lowest BCUT2D eigenvalue weighted by molar-refractivity contribution is -0.121. The van der Waals surface area contributed by atoms with Gasteiger partial charge in [0.05, 0.1) is 12.6 Å². The Bertz CT molecular complexity index is 547. The number of hydrogen-bond donors (Lipinski definition) is 3. The van der Waals surface area contributed by atoms with Crippen LogP contribution in [-0.2, 0) is 4.79 Å². The third-order valence-electron chi connectivity index (χ3n) is 3.58. The normalized spacial score (nSPS) is 12.3. The number of nitrogens with one attached hydrogen (secondary N) is 2. The predicted octanol–water partition coefficient (Wildman–Crippen LogP) is 3.22. The molecule has 148 valence electrons. The van der Waals surface area contributed by atoms with Crippen molar-refractivity contribution >= 4 is 35.8 Å². The second-order valence-electron chi connectivity index (χ2n) is 6.44. The number of carbonyl (C=O) groups is 1. The summed E-state index contributed by atoms with van der Waals surface area (Å²) in [6.07, 6.45) is 1.16. The van der Waals surface area contributed by atoms with Gasteiger partial charge in [-0.25, -0.2) is 0 Å². The second kappa shape index (κ2) is 13.7. The first-order valence-electron chi connectivity index (χ1n) is 8.98. The highest BCUT2D eigenvalue weighted by Crippen LogP contribution is 2.17. The van der Waals surface area contributed by atoms with Gasteiger partial charge >= 0.3 is 0 Å². The number of nitrogens with two attached hydrogens (primary N) is 1. The number of carbonyl (C=O) groups excluding carboxylic acids is 1. The molecule has 1 atom stereocenters. The van der Waals surface area contributed by atoms with E-state index in [0.717, 1.165) is 11.3 Å². The monoisotopic (exact) mass is 476 g/mol. The summed E-state index contributed by atoms with van der Waals surface area (Å²) in [6.45, 7) is 10.1. The lowest BCUT2D eigenvalue weighted by Gasteiger charge is -2.15. The lowest BCUT2D eigenvalue weighted by Crippen LogP contribution is -2.34. The summed E-state index contributed by atoms with van der Waals surface area (Å²) in [5.74, 6) is 1.79. The molecule has 0 radical (unpaired) electrons. The van der Waals surface area contributed by atoms with E-state index in [-0.39, 0.29) is 35.9 Å². The molecule has 0 bridgehead atoms. The van der Waals surface area contributed by atoms with Crippen LogP contribution in [0.3, 0.4) is 0 Å². The van der Waals surface area contributed by atoms with E-state index in [0.29, 0.717) is 44.4 Å². The van der Waals surface area contributed by atoms with Crippen molar-refractivity contribution in [2.75, 3.05) is 19.7 Å². The maximum absolute atomic E-state index is 12.0. The molecule has 0 saturated heterocycles. The maximum atomic E-state index is 12.0. The van der Waals surface area contributed by atoms with Crippen molar-refractivity contribution in [1.29, 1.82) is 0 Å². The highest BCUT2D eigenvalue weighted by atomic mass is 127. The van der Waals surface area contributed by atoms with Crippen LogP contribution < -0.4 is 21.1 Å². The van der Waals surface area contributed by atoms with Crippen LogP contribution in [0.5, 0.6) is 5.75 Å². The zero-order chi connectivity index (χ0) is 18.7. The molecule has 7 heteroatoms. The van der Waals surface area contributed by atoms with Crippen molar-refractivity contribution in [3.05, 3.63) is 29.8 Å². The van der Waals surface area contributed by atoms with Crippen LogP contribution >= 0.6 is 24.0 Å². The van der Waals surface area contributed by atoms with Gasteiger partial charge in [0.2, 0.25) is 5.91 Å². The number of ether oxygens (including phenoxy) is 1. The van der Waals surface area contributed by atoms with Crippen LogP contribution in [0.2, 0.25) is 0 Å². The van der Waals surface area contributed by atoms with Crippen molar-refractivity contribution in [3.8, 4) is 5.75 Å². The van der Waals surface area contributed by atoms with Crippen LogP contribution in [0.25, 0.3) is 0 Å². The quantitative estimate of drug-likeness (QED) is 0.210. The van der Waals surface area contributed by atoms with Crippen LogP contribution in [0.1, 0.15) is 52.1 Å². The minimum absolute atomic E-state index is 0. The predicted molar refractivity (Wildman–Crippen MR) is 118 cm³/mol. The van der Waals surface area contributed by atoms with E-state index in [1.807, 2.05) is 38.1 Å². The van der Waals surface area contributed by atoms with Gasteiger partial charge < -0.3 is 21.1 Å². The minimum atomic E-state index is -0.0335.